The number of hydrogen-bond acceptors (Lipinski definition) is 3. The van der Waals surface area contributed by atoms with Crippen LogP contribution in [0.25, 0.3) is 0 Å². The summed E-state index contributed by atoms with van der Waals surface area (Å²) in [5.74, 6) is 0.616. The third-order valence-electron chi connectivity index (χ3n) is 1.95. The Morgan fingerprint density at radius 3 is 2.25 bits per heavy atom. The van der Waals surface area contributed by atoms with E-state index in [0.717, 1.165) is 5.69 Å². The zero-order valence-corrected chi connectivity index (χ0v) is 7.78. The van der Waals surface area contributed by atoms with E-state index in [1.807, 2.05) is 0 Å². The second-order valence-corrected chi connectivity index (χ2v) is 3.30. The molecular formula is C9H15N3. The predicted molar refractivity (Wildman–Crippen MR) is 50.0 cm³/mol. The molecular weight excluding hydrogens is 150 g/mol. The van der Waals surface area contributed by atoms with Crippen molar-refractivity contribution in [2.45, 2.75) is 26.8 Å². The van der Waals surface area contributed by atoms with E-state index in [2.05, 4.69) is 36.1 Å². The molecule has 1 rings (SSSR count). The summed E-state index contributed by atoms with van der Waals surface area (Å²) in [5.41, 5.74) is 0.985. The van der Waals surface area contributed by atoms with Gasteiger partial charge in [0, 0.05) is 6.04 Å². The molecule has 0 aromatic carbocycles. The zero-order valence-electron chi connectivity index (χ0n) is 7.78. The first-order chi connectivity index (χ1) is 5.70. The van der Waals surface area contributed by atoms with Gasteiger partial charge in [0.2, 0.25) is 0 Å². The largest absolute Gasteiger partial charge is 0.380 e. The molecule has 1 N–H and O–H groups in total. The lowest BCUT2D eigenvalue weighted by molar-refractivity contribution is 0.559. The van der Waals surface area contributed by atoms with Crippen LogP contribution in [0.3, 0.4) is 0 Å². The Morgan fingerprint density at radius 2 is 1.75 bits per heavy atom. The van der Waals surface area contributed by atoms with E-state index < -0.39 is 0 Å². The molecule has 3 heteroatoms. The van der Waals surface area contributed by atoms with E-state index in [9.17, 15) is 0 Å². The molecule has 1 aromatic rings. The Balaban J connectivity index is 2.53. The van der Waals surface area contributed by atoms with Crippen molar-refractivity contribution in [2.24, 2.45) is 5.92 Å². The normalized spacial score (nSPS) is 13.0. The maximum atomic E-state index is 3.92. The predicted octanol–water partition coefficient (Wildman–Crippen LogP) is 1.93. The summed E-state index contributed by atoms with van der Waals surface area (Å²) in [4.78, 5) is 7.85. The molecule has 0 bridgehead atoms. The lowest BCUT2D eigenvalue weighted by atomic mass is 10.1. The van der Waals surface area contributed by atoms with E-state index in [1.54, 1.807) is 12.4 Å². The minimum Gasteiger partial charge on any atom is -0.380 e. The zero-order chi connectivity index (χ0) is 8.97. The molecule has 1 heterocycles. The van der Waals surface area contributed by atoms with Crippen molar-refractivity contribution in [3.05, 3.63) is 18.7 Å². The first kappa shape index (κ1) is 8.97. The van der Waals surface area contributed by atoms with Crippen LogP contribution in [0.4, 0.5) is 5.69 Å². The summed E-state index contributed by atoms with van der Waals surface area (Å²) in [5, 5.41) is 3.32. The summed E-state index contributed by atoms with van der Waals surface area (Å²) in [7, 11) is 0. The molecule has 0 aliphatic heterocycles. The molecule has 12 heavy (non-hydrogen) atoms. The van der Waals surface area contributed by atoms with E-state index in [4.69, 9.17) is 0 Å². The topological polar surface area (TPSA) is 37.8 Å². The average Bonchev–Trinajstić information content (AvgIpc) is 2.06. The Hall–Kier alpha value is -1.12. The molecule has 0 radical (unpaired) electrons. The lowest BCUT2D eigenvalue weighted by Crippen LogP contribution is -2.21. The quantitative estimate of drug-likeness (QED) is 0.743. The van der Waals surface area contributed by atoms with Gasteiger partial charge < -0.3 is 5.32 Å². The molecule has 66 valence electrons. The van der Waals surface area contributed by atoms with Crippen molar-refractivity contribution in [1.29, 1.82) is 0 Å². The van der Waals surface area contributed by atoms with Crippen LogP contribution in [0.15, 0.2) is 18.7 Å². The standard InChI is InChI=1S/C9H15N3/c1-7(2)8(3)12-9-4-10-6-11-5-9/h4-8,12H,1-3H3/t8-/m1/s1. The fourth-order valence-corrected chi connectivity index (χ4v) is 0.803. The smallest absolute Gasteiger partial charge is 0.115 e. The third kappa shape index (κ3) is 2.49. The summed E-state index contributed by atoms with van der Waals surface area (Å²) >= 11 is 0. The molecule has 0 aliphatic carbocycles. The highest BCUT2D eigenvalue weighted by molar-refractivity contribution is 5.38. The highest BCUT2D eigenvalue weighted by atomic mass is 15.0. The minimum absolute atomic E-state index is 0.455. The Bertz CT molecular complexity index is 220. The van der Waals surface area contributed by atoms with Gasteiger partial charge in [0.25, 0.3) is 0 Å². The van der Waals surface area contributed by atoms with Gasteiger partial charge in [-0.15, -0.1) is 0 Å². The van der Waals surface area contributed by atoms with Gasteiger partial charge in [-0.25, -0.2) is 9.97 Å². The Labute approximate surface area is 73.2 Å². The number of nitrogens with one attached hydrogen (secondary N) is 1. The SMILES string of the molecule is CC(C)[C@@H](C)Nc1cncnc1. The van der Waals surface area contributed by atoms with E-state index in [1.165, 1.54) is 6.33 Å². The summed E-state index contributed by atoms with van der Waals surface area (Å²) in [6, 6.07) is 0.455. The number of rotatable bonds is 3. The first-order valence-corrected chi connectivity index (χ1v) is 4.21. The molecule has 3 nitrogen and oxygen atoms in total. The summed E-state index contributed by atoms with van der Waals surface area (Å²) in [6.07, 6.45) is 5.10. The maximum absolute atomic E-state index is 3.92. The van der Waals surface area contributed by atoms with Crippen LogP contribution in [0.5, 0.6) is 0 Å². The van der Waals surface area contributed by atoms with E-state index in [0.29, 0.717) is 12.0 Å². The van der Waals surface area contributed by atoms with Crippen LogP contribution in [0.2, 0.25) is 0 Å². The van der Waals surface area contributed by atoms with Gasteiger partial charge in [-0.1, -0.05) is 13.8 Å². The van der Waals surface area contributed by atoms with Crippen LogP contribution in [-0.2, 0) is 0 Å². The number of anilines is 1. The Morgan fingerprint density at radius 1 is 1.17 bits per heavy atom. The highest BCUT2D eigenvalue weighted by Gasteiger charge is 2.05. The van der Waals surface area contributed by atoms with Gasteiger partial charge in [-0.2, -0.15) is 0 Å². The monoisotopic (exact) mass is 165 g/mol. The Kier molecular flexibility index (Phi) is 3.02. The fourth-order valence-electron chi connectivity index (χ4n) is 0.803. The molecule has 0 fully saturated rings. The van der Waals surface area contributed by atoms with Crippen LogP contribution in [0, 0.1) is 5.92 Å². The summed E-state index contributed by atoms with van der Waals surface area (Å²) in [6.45, 7) is 6.51. The molecule has 0 unspecified atom stereocenters. The molecule has 1 atom stereocenters. The van der Waals surface area contributed by atoms with E-state index in [-0.39, 0.29) is 0 Å². The number of hydrogen-bond donors (Lipinski definition) is 1. The van der Waals surface area contributed by atoms with Crippen LogP contribution in [-0.4, -0.2) is 16.0 Å². The van der Waals surface area contributed by atoms with Crippen LogP contribution < -0.4 is 5.32 Å². The van der Waals surface area contributed by atoms with Crippen molar-refractivity contribution in [3.63, 3.8) is 0 Å². The molecule has 1 aromatic heterocycles. The van der Waals surface area contributed by atoms with E-state index >= 15 is 0 Å². The van der Waals surface area contributed by atoms with Gasteiger partial charge in [0.05, 0.1) is 18.1 Å². The van der Waals surface area contributed by atoms with Gasteiger partial charge in [0.1, 0.15) is 6.33 Å². The molecule has 0 saturated heterocycles. The average molecular weight is 165 g/mol. The molecule has 0 saturated carbocycles. The molecule has 0 spiro atoms. The maximum Gasteiger partial charge on any atom is 0.115 e. The second-order valence-electron chi connectivity index (χ2n) is 3.30. The number of nitrogens with zero attached hydrogens (tertiary/aromatic N) is 2. The van der Waals surface area contributed by atoms with Gasteiger partial charge in [-0.3, -0.25) is 0 Å². The van der Waals surface area contributed by atoms with Gasteiger partial charge >= 0.3 is 0 Å². The van der Waals surface area contributed by atoms with Gasteiger partial charge in [-0.05, 0) is 12.8 Å². The highest BCUT2D eigenvalue weighted by Crippen LogP contribution is 2.08. The first-order valence-electron chi connectivity index (χ1n) is 4.21. The van der Waals surface area contributed by atoms with Crippen molar-refractivity contribution < 1.29 is 0 Å². The molecule has 0 aliphatic rings. The summed E-state index contributed by atoms with van der Waals surface area (Å²) < 4.78 is 0. The van der Waals surface area contributed by atoms with Crippen LogP contribution in [0.1, 0.15) is 20.8 Å². The van der Waals surface area contributed by atoms with Crippen molar-refractivity contribution in [2.75, 3.05) is 5.32 Å². The van der Waals surface area contributed by atoms with Crippen molar-refractivity contribution >= 4 is 5.69 Å². The minimum atomic E-state index is 0.455. The van der Waals surface area contributed by atoms with Gasteiger partial charge in [0.15, 0.2) is 0 Å². The molecule has 0 amide bonds. The van der Waals surface area contributed by atoms with Crippen molar-refractivity contribution in [3.8, 4) is 0 Å². The number of aromatic nitrogens is 2. The lowest BCUT2D eigenvalue weighted by Gasteiger charge is -2.17. The van der Waals surface area contributed by atoms with Crippen LogP contribution >= 0.6 is 0 Å². The fraction of sp³-hybridized carbons (Fsp3) is 0.556. The third-order valence-corrected chi connectivity index (χ3v) is 1.95. The second kappa shape index (κ2) is 4.04. The van der Waals surface area contributed by atoms with Crippen molar-refractivity contribution in [1.82, 2.24) is 9.97 Å².